The number of hydrogen-bond acceptors (Lipinski definition) is 5. The summed E-state index contributed by atoms with van der Waals surface area (Å²) in [5, 5.41) is 0.898. The van der Waals surface area contributed by atoms with Gasteiger partial charge >= 0.3 is 0 Å². The highest BCUT2D eigenvalue weighted by Gasteiger charge is 2.10. The van der Waals surface area contributed by atoms with Crippen molar-refractivity contribution in [1.29, 1.82) is 0 Å². The molecule has 0 spiro atoms. The molecule has 0 saturated heterocycles. The van der Waals surface area contributed by atoms with Crippen LogP contribution in [0.4, 0.5) is 0 Å². The molecule has 108 valence electrons. The summed E-state index contributed by atoms with van der Waals surface area (Å²) in [4.78, 5) is 9.03. The van der Waals surface area contributed by atoms with Crippen molar-refractivity contribution in [3.8, 4) is 22.8 Å². The number of benzene rings is 1. The third-order valence-corrected chi connectivity index (χ3v) is 3.87. The van der Waals surface area contributed by atoms with Gasteiger partial charge in [0.25, 0.3) is 0 Å². The van der Waals surface area contributed by atoms with Crippen molar-refractivity contribution in [2.45, 2.75) is 5.16 Å². The minimum atomic E-state index is 0.686. The van der Waals surface area contributed by atoms with E-state index in [4.69, 9.17) is 9.47 Å². The quantitative estimate of drug-likeness (QED) is 0.547. The zero-order valence-corrected chi connectivity index (χ0v) is 12.8. The number of imidazole rings is 1. The van der Waals surface area contributed by atoms with Gasteiger partial charge in [0.1, 0.15) is 5.65 Å². The summed E-state index contributed by atoms with van der Waals surface area (Å²) in [7, 11) is 3.25. The largest absolute Gasteiger partial charge is 0.493 e. The van der Waals surface area contributed by atoms with E-state index in [-0.39, 0.29) is 0 Å². The third-order valence-electron chi connectivity index (χ3n) is 3.22. The van der Waals surface area contributed by atoms with E-state index in [9.17, 15) is 0 Å². The maximum absolute atomic E-state index is 5.35. The molecule has 21 heavy (non-hydrogen) atoms. The molecule has 3 rings (SSSR count). The molecule has 0 aliphatic heterocycles. The molecule has 0 amide bonds. The lowest BCUT2D eigenvalue weighted by Gasteiger charge is -2.10. The molecule has 0 atom stereocenters. The lowest BCUT2D eigenvalue weighted by Crippen LogP contribution is -1.96. The molecule has 0 saturated carbocycles. The molecule has 2 aromatic heterocycles. The Balaban J connectivity index is 2.15. The molecule has 6 heteroatoms. The fourth-order valence-electron chi connectivity index (χ4n) is 2.18. The van der Waals surface area contributed by atoms with E-state index in [1.54, 1.807) is 32.2 Å². The Morgan fingerprint density at radius 2 is 1.90 bits per heavy atom. The lowest BCUT2D eigenvalue weighted by molar-refractivity contribution is 0.355. The molecule has 0 radical (unpaired) electrons. The average Bonchev–Trinajstić information content (AvgIpc) is 3.01. The van der Waals surface area contributed by atoms with E-state index in [1.807, 2.05) is 41.1 Å². The average molecular weight is 301 g/mol. The van der Waals surface area contributed by atoms with Crippen LogP contribution in [0.25, 0.3) is 16.9 Å². The van der Waals surface area contributed by atoms with Gasteiger partial charge in [-0.3, -0.25) is 4.40 Å². The first-order valence-corrected chi connectivity index (χ1v) is 7.60. The normalized spacial score (nSPS) is 10.8. The number of methoxy groups -OCH3 is 2. The molecule has 2 heterocycles. The maximum Gasteiger partial charge on any atom is 0.174 e. The van der Waals surface area contributed by atoms with E-state index >= 15 is 0 Å². The highest BCUT2D eigenvalue weighted by atomic mass is 32.2. The predicted molar refractivity (Wildman–Crippen MR) is 83.3 cm³/mol. The summed E-state index contributed by atoms with van der Waals surface area (Å²) >= 11 is 1.59. The SMILES string of the molecule is COc1ccc(-c2cc3nccn3c(SC)n2)cc1OC. The molecule has 3 aromatic rings. The van der Waals surface area contributed by atoms with E-state index < -0.39 is 0 Å². The summed E-state index contributed by atoms with van der Waals surface area (Å²) in [5.41, 5.74) is 2.70. The van der Waals surface area contributed by atoms with Crippen LogP contribution in [0.3, 0.4) is 0 Å². The summed E-state index contributed by atoms with van der Waals surface area (Å²) < 4.78 is 12.6. The van der Waals surface area contributed by atoms with Crippen LogP contribution >= 0.6 is 11.8 Å². The van der Waals surface area contributed by atoms with Crippen molar-refractivity contribution in [3.63, 3.8) is 0 Å². The van der Waals surface area contributed by atoms with Gasteiger partial charge in [-0.1, -0.05) is 11.8 Å². The summed E-state index contributed by atoms with van der Waals surface area (Å²) in [6, 6.07) is 7.73. The zero-order valence-electron chi connectivity index (χ0n) is 12.0. The maximum atomic E-state index is 5.35. The summed E-state index contributed by atoms with van der Waals surface area (Å²) in [6.45, 7) is 0. The number of ether oxygens (including phenoxy) is 2. The minimum absolute atomic E-state index is 0.686. The van der Waals surface area contributed by atoms with Gasteiger partial charge in [-0.15, -0.1) is 0 Å². The van der Waals surface area contributed by atoms with Crippen molar-refractivity contribution in [2.24, 2.45) is 0 Å². The van der Waals surface area contributed by atoms with Crippen LogP contribution in [0.1, 0.15) is 0 Å². The number of hydrogen-bond donors (Lipinski definition) is 0. The van der Waals surface area contributed by atoms with Gasteiger partial charge in [0.15, 0.2) is 16.7 Å². The van der Waals surface area contributed by atoms with Gasteiger partial charge in [0.2, 0.25) is 0 Å². The smallest absolute Gasteiger partial charge is 0.174 e. The summed E-state index contributed by atoms with van der Waals surface area (Å²) in [5.74, 6) is 1.39. The van der Waals surface area contributed by atoms with Gasteiger partial charge in [-0.2, -0.15) is 0 Å². The van der Waals surface area contributed by atoms with Crippen LogP contribution in [0, 0.1) is 0 Å². The van der Waals surface area contributed by atoms with Crippen LogP contribution in [0.15, 0.2) is 41.8 Å². The van der Waals surface area contributed by atoms with Gasteiger partial charge in [-0.05, 0) is 24.5 Å². The molecule has 0 fully saturated rings. The molecule has 0 unspecified atom stereocenters. The van der Waals surface area contributed by atoms with Gasteiger partial charge < -0.3 is 9.47 Å². The second-order valence-corrected chi connectivity index (χ2v) is 5.13. The minimum Gasteiger partial charge on any atom is -0.493 e. The summed E-state index contributed by atoms with van der Waals surface area (Å²) in [6.07, 6.45) is 5.68. The Morgan fingerprint density at radius 3 is 2.62 bits per heavy atom. The first-order chi connectivity index (χ1) is 10.3. The molecule has 0 aliphatic carbocycles. The number of fused-ring (bicyclic) bond motifs is 1. The molecule has 1 aromatic carbocycles. The van der Waals surface area contributed by atoms with Crippen LogP contribution in [0.2, 0.25) is 0 Å². The second-order valence-electron chi connectivity index (χ2n) is 4.35. The molecule has 0 N–H and O–H groups in total. The Kier molecular flexibility index (Phi) is 3.70. The fraction of sp³-hybridized carbons (Fsp3) is 0.200. The molecule has 5 nitrogen and oxygen atoms in total. The Morgan fingerprint density at radius 1 is 1.10 bits per heavy atom. The van der Waals surface area contributed by atoms with E-state index in [0.717, 1.165) is 22.1 Å². The fourth-order valence-corrected chi connectivity index (χ4v) is 2.72. The van der Waals surface area contributed by atoms with Crippen molar-refractivity contribution in [1.82, 2.24) is 14.4 Å². The number of aromatic nitrogens is 3. The number of thioether (sulfide) groups is 1. The van der Waals surface area contributed by atoms with Crippen molar-refractivity contribution in [3.05, 3.63) is 36.7 Å². The molecule has 0 bridgehead atoms. The Bertz CT molecular complexity index is 786. The highest BCUT2D eigenvalue weighted by Crippen LogP contribution is 2.32. The topological polar surface area (TPSA) is 48.7 Å². The standard InChI is InChI=1S/C15H15N3O2S/c1-19-12-5-4-10(8-13(12)20-2)11-9-14-16-6-7-18(14)15(17-11)21-3/h4-9H,1-3H3. The van der Waals surface area contributed by atoms with Crippen molar-refractivity contribution < 1.29 is 9.47 Å². The van der Waals surface area contributed by atoms with Crippen LogP contribution < -0.4 is 9.47 Å². The van der Waals surface area contributed by atoms with Crippen LogP contribution in [0.5, 0.6) is 11.5 Å². The van der Waals surface area contributed by atoms with E-state index in [2.05, 4.69) is 9.97 Å². The van der Waals surface area contributed by atoms with Crippen molar-refractivity contribution >= 4 is 17.4 Å². The zero-order chi connectivity index (χ0) is 14.8. The highest BCUT2D eigenvalue weighted by molar-refractivity contribution is 7.98. The molecule has 0 aliphatic rings. The Labute approximate surface area is 126 Å². The third kappa shape index (κ3) is 2.42. The molecular weight excluding hydrogens is 286 g/mol. The first kappa shape index (κ1) is 13.8. The van der Waals surface area contributed by atoms with Gasteiger partial charge in [-0.25, -0.2) is 9.97 Å². The van der Waals surface area contributed by atoms with E-state index in [1.165, 1.54) is 0 Å². The van der Waals surface area contributed by atoms with Crippen LogP contribution in [-0.2, 0) is 0 Å². The monoisotopic (exact) mass is 301 g/mol. The second kappa shape index (κ2) is 5.65. The van der Waals surface area contributed by atoms with E-state index in [0.29, 0.717) is 11.5 Å². The predicted octanol–water partition coefficient (Wildman–Crippen LogP) is 3.14. The number of rotatable bonds is 4. The van der Waals surface area contributed by atoms with Crippen molar-refractivity contribution in [2.75, 3.05) is 20.5 Å². The van der Waals surface area contributed by atoms with Gasteiger partial charge in [0, 0.05) is 24.0 Å². The van der Waals surface area contributed by atoms with Gasteiger partial charge in [0.05, 0.1) is 19.9 Å². The first-order valence-electron chi connectivity index (χ1n) is 6.37. The lowest BCUT2D eigenvalue weighted by atomic mass is 10.1. The molecular formula is C15H15N3O2S. The number of nitrogens with zero attached hydrogens (tertiary/aromatic N) is 3. The Hall–Kier alpha value is -2.21. The van der Waals surface area contributed by atoms with Crippen LogP contribution in [-0.4, -0.2) is 34.8 Å².